The number of imidazole rings is 1. The van der Waals surface area contributed by atoms with E-state index >= 15 is 0 Å². The summed E-state index contributed by atoms with van der Waals surface area (Å²) in [7, 11) is 0. The number of aromatic hydroxyl groups is 1. The molecule has 0 unspecified atom stereocenters. The lowest BCUT2D eigenvalue weighted by Gasteiger charge is -2.09. The minimum absolute atomic E-state index is 0.0926. The Hall–Kier alpha value is -3.22. The van der Waals surface area contributed by atoms with Gasteiger partial charge in [0.05, 0.1) is 18.7 Å². The molecule has 4 bridgehead atoms. The van der Waals surface area contributed by atoms with E-state index in [0.29, 0.717) is 30.1 Å². The van der Waals surface area contributed by atoms with E-state index in [-0.39, 0.29) is 11.8 Å². The Kier molecular flexibility index (Phi) is 3.89. The third kappa shape index (κ3) is 3.08. The molecule has 128 valence electrons. The molecule has 1 aliphatic rings. The van der Waals surface area contributed by atoms with Gasteiger partial charge in [-0.15, -0.1) is 0 Å². The van der Waals surface area contributed by atoms with Crippen LogP contribution in [0.25, 0.3) is 11.0 Å². The Morgan fingerprint density at radius 1 is 1.20 bits per heavy atom. The maximum atomic E-state index is 10.3. The summed E-state index contributed by atoms with van der Waals surface area (Å²) in [6, 6.07) is 9.74. The lowest BCUT2D eigenvalue weighted by molar-refractivity contribution is 0.313. The fraction of sp³-hybridized carbons (Fsp3) is 0.222. The zero-order valence-corrected chi connectivity index (χ0v) is 13.6. The first-order valence-electron chi connectivity index (χ1n) is 8.17. The average Bonchev–Trinajstić information content (AvgIpc) is 2.90. The molecule has 1 aliphatic heterocycles. The topological polar surface area (TPSA) is 98.2 Å². The molecule has 4 rings (SSSR count). The van der Waals surface area contributed by atoms with Crippen LogP contribution >= 0.6 is 0 Å². The third-order valence-electron chi connectivity index (χ3n) is 4.11. The van der Waals surface area contributed by atoms with E-state index in [0.717, 1.165) is 24.2 Å². The number of pyridine rings is 1. The van der Waals surface area contributed by atoms with Crippen LogP contribution in [0.5, 0.6) is 11.9 Å². The minimum atomic E-state index is -0.0926. The van der Waals surface area contributed by atoms with Crippen LogP contribution in [0.15, 0.2) is 42.5 Å². The molecule has 0 amide bonds. The van der Waals surface area contributed by atoms with Crippen molar-refractivity contribution in [1.82, 2.24) is 14.5 Å². The van der Waals surface area contributed by atoms with Gasteiger partial charge in [0.15, 0.2) is 5.82 Å². The monoisotopic (exact) mass is 337 g/mol. The summed E-state index contributed by atoms with van der Waals surface area (Å²) in [5, 5.41) is 13.6. The number of rotatable bonds is 0. The van der Waals surface area contributed by atoms with Crippen LogP contribution in [0.2, 0.25) is 0 Å². The summed E-state index contributed by atoms with van der Waals surface area (Å²) in [4.78, 5) is 8.37. The number of nitrogens with one attached hydrogen (secondary N) is 1. The van der Waals surface area contributed by atoms with Crippen molar-refractivity contribution in [1.29, 1.82) is 0 Å². The lowest BCUT2D eigenvalue weighted by Crippen LogP contribution is -2.03. The van der Waals surface area contributed by atoms with Gasteiger partial charge in [-0.1, -0.05) is 24.3 Å². The molecular formula is C18H19N5O2. The van der Waals surface area contributed by atoms with Crippen LogP contribution in [0.1, 0.15) is 12.0 Å². The van der Waals surface area contributed by atoms with Crippen LogP contribution in [-0.4, -0.2) is 32.8 Å². The van der Waals surface area contributed by atoms with E-state index in [1.807, 2.05) is 18.2 Å². The van der Waals surface area contributed by atoms with Crippen molar-refractivity contribution in [3.05, 3.63) is 48.0 Å². The third-order valence-corrected chi connectivity index (χ3v) is 4.11. The summed E-state index contributed by atoms with van der Waals surface area (Å²) < 4.78 is 7.40. The van der Waals surface area contributed by atoms with Crippen LogP contribution in [0, 0.1) is 0 Å². The van der Waals surface area contributed by atoms with Crippen molar-refractivity contribution < 1.29 is 9.84 Å². The second-order valence-electron chi connectivity index (χ2n) is 5.90. The van der Waals surface area contributed by atoms with Gasteiger partial charge in [-0.3, -0.25) is 4.57 Å². The zero-order valence-electron chi connectivity index (χ0n) is 13.6. The molecule has 1 aromatic carbocycles. The van der Waals surface area contributed by atoms with Gasteiger partial charge >= 0.3 is 0 Å². The maximum Gasteiger partial charge on any atom is 0.295 e. The Morgan fingerprint density at radius 2 is 2.12 bits per heavy atom. The molecular weight excluding hydrogens is 318 g/mol. The second-order valence-corrected chi connectivity index (χ2v) is 5.90. The number of hydrogen-bond donors (Lipinski definition) is 3. The molecule has 25 heavy (non-hydrogen) atoms. The summed E-state index contributed by atoms with van der Waals surface area (Å²) in [6.07, 6.45) is 4.90. The van der Waals surface area contributed by atoms with E-state index < -0.39 is 0 Å². The first-order valence-corrected chi connectivity index (χ1v) is 8.17. The number of nitrogens with zero attached hydrogens (tertiary/aromatic N) is 3. The highest BCUT2D eigenvalue weighted by Gasteiger charge is 2.15. The smallest absolute Gasteiger partial charge is 0.295 e. The molecule has 0 saturated heterocycles. The molecule has 0 saturated carbocycles. The Bertz CT molecular complexity index is 948. The van der Waals surface area contributed by atoms with E-state index in [2.05, 4.69) is 33.5 Å². The van der Waals surface area contributed by atoms with Crippen LogP contribution in [0.3, 0.4) is 0 Å². The maximum absolute atomic E-state index is 10.3. The van der Waals surface area contributed by atoms with E-state index in [9.17, 15) is 5.11 Å². The fourth-order valence-corrected chi connectivity index (χ4v) is 2.91. The normalized spacial score (nSPS) is 15.8. The fourth-order valence-electron chi connectivity index (χ4n) is 2.91. The quantitative estimate of drug-likeness (QED) is 0.545. The number of nitrogens with two attached hydrogens (primary N) is 1. The SMILES string of the molecule is Nc1nc2cc3c1nc(O)n3Cc1cccc(c1)NC/C=C\CCO2. The summed E-state index contributed by atoms with van der Waals surface area (Å²) in [6.45, 7) is 1.71. The first kappa shape index (κ1) is 15.3. The molecule has 0 fully saturated rings. The van der Waals surface area contributed by atoms with Gasteiger partial charge in [0.1, 0.15) is 5.52 Å². The predicted octanol–water partition coefficient (Wildman–Crippen LogP) is 2.52. The molecule has 7 nitrogen and oxygen atoms in total. The van der Waals surface area contributed by atoms with Crippen LogP contribution in [-0.2, 0) is 6.54 Å². The van der Waals surface area contributed by atoms with Crippen molar-refractivity contribution >= 4 is 22.5 Å². The Labute approximate surface area is 144 Å². The average molecular weight is 337 g/mol. The van der Waals surface area contributed by atoms with Crippen molar-refractivity contribution in [3.8, 4) is 11.9 Å². The van der Waals surface area contributed by atoms with Crippen molar-refractivity contribution in [2.24, 2.45) is 0 Å². The van der Waals surface area contributed by atoms with Gasteiger partial charge in [0.25, 0.3) is 6.01 Å². The van der Waals surface area contributed by atoms with Crippen molar-refractivity contribution in [3.63, 3.8) is 0 Å². The van der Waals surface area contributed by atoms with E-state index in [4.69, 9.17) is 10.5 Å². The second kappa shape index (κ2) is 6.35. The van der Waals surface area contributed by atoms with Crippen LogP contribution < -0.4 is 15.8 Å². The highest BCUT2D eigenvalue weighted by Crippen LogP contribution is 2.28. The molecule has 0 spiro atoms. The Balaban J connectivity index is 1.83. The van der Waals surface area contributed by atoms with Gasteiger partial charge in [0.2, 0.25) is 5.88 Å². The molecule has 0 atom stereocenters. The zero-order chi connectivity index (χ0) is 17.2. The standard InChI is InChI=1S/C18H19N5O2/c19-17-16-14-10-15(21-17)25-8-3-1-2-7-20-13-6-4-5-12(9-13)11-23(14)18(24)22-16/h1-2,4-6,9-10,20H,3,7-8,11H2,(H2,19,21)(H,22,24)/b2-1-. The number of ether oxygens (including phenoxy) is 1. The Morgan fingerprint density at radius 3 is 3.04 bits per heavy atom. The van der Waals surface area contributed by atoms with Gasteiger partial charge in [-0.2, -0.15) is 9.97 Å². The number of hydrogen-bond acceptors (Lipinski definition) is 6. The molecule has 2 aromatic heterocycles. The van der Waals surface area contributed by atoms with E-state index in [1.165, 1.54) is 0 Å². The van der Waals surface area contributed by atoms with E-state index in [1.54, 1.807) is 10.6 Å². The molecule has 3 aromatic rings. The number of fused-ring (bicyclic) bond motifs is 3. The molecule has 0 radical (unpaired) electrons. The van der Waals surface area contributed by atoms with Crippen molar-refractivity contribution in [2.75, 3.05) is 24.2 Å². The number of nitrogen functional groups attached to an aromatic ring is 1. The highest BCUT2D eigenvalue weighted by atomic mass is 16.5. The van der Waals surface area contributed by atoms with Crippen LogP contribution in [0.4, 0.5) is 11.5 Å². The molecule has 7 heteroatoms. The highest BCUT2D eigenvalue weighted by molar-refractivity contribution is 5.87. The molecule has 0 aliphatic carbocycles. The summed E-state index contributed by atoms with van der Waals surface area (Å²) in [5.74, 6) is 0.679. The molecule has 3 heterocycles. The minimum Gasteiger partial charge on any atom is -0.480 e. The number of anilines is 2. The van der Waals surface area contributed by atoms with Gasteiger partial charge in [0, 0.05) is 18.3 Å². The first-order chi connectivity index (χ1) is 12.2. The molecule has 4 N–H and O–H groups in total. The van der Waals surface area contributed by atoms with Gasteiger partial charge in [-0.05, 0) is 24.1 Å². The summed E-state index contributed by atoms with van der Waals surface area (Å²) in [5.41, 5.74) is 9.23. The van der Waals surface area contributed by atoms with Gasteiger partial charge < -0.3 is 20.9 Å². The summed E-state index contributed by atoms with van der Waals surface area (Å²) >= 11 is 0. The lowest BCUT2D eigenvalue weighted by atomic mass is 10.2. The number of benzene rings is 1. The number of aromatic nitrogens is 3. The van der Waals surface area contributed by atoms with Crippen molar-refractivity contribution in [2.45, 2.75) is 13.0 Å². The predicted molar refractivity (Wildman–Crippen MR) is 96.9 cm³/mol. The van der Waals surface area contributed by atoms with Gasteiger partial charge in [-0.25, -0.2) is 0 Å². The largest absolute Gasteiger partial charge is 0.480 e.